The molecule has 1 aromatic carbocycles. The topological polar surface area (TPSA) is 66.9 Å². The molecule has 0 saturated carbocycles. The first-order valence-corrected chi connectivity index (χ1v) is 7.58. The summed E-state index contributed by atoms with van der Waals surface area (Å²) < 4.78 is 37.3. The molecule has 4 nitrogen and oxygen atoms in total. The van der Waals surface area contributed by atoms with E-state index in [1.807, 2.05) is 6.92 Å². The fourth-order valence-corrected chi connectivity index (χ4v) is 2.95. The van der Waals surface area contributed by atoms with Gasteiger partial charge in [0.15, 0.2) is 0 Å². The van der Waals surface area contributed by atoms with E-state index in [1.165, 1.54) is 6.07 Å². The lowest BCUT2D eigenvalue weighted by Crippen LogP contribution is -2.07. The normalized spacial score (nSPS) is 23.1. The van der Waals surface area contributed by atoms with E-state index < -0.39 is 10.1 Å². The first kappa shape index (κ1) is 13.5. The van der Waals surface area contributed by atoms with Crippen LogP contribution >= 0.6 is 0 Å². The van der Waals surface area contributed by atoms with Crippen molar-refractivity contribution in [3.63, 3.8) is 0 Å². The molecule has 0 radical (unpaired) electrons. The monoisotopic (exact) mass is 270 g/mol. The molecule has 18 heavy (non-hydrogen) atoms. The van der Waals surface area contributed by atoms with Crippen molar-refractivity contribution in [3.05, 3.63) is 29.3 Å². The molecule has 1 aliphatic rings. The van der Waals surface area contributed by atoms with E-state index in [-0.39, 0.29) is 17.1 Å². The van der Waals surface area contributed by atoms with Crippen molar-refractivity contribution < 1.29 is 17.7 Å². The van der Waals surface area contributed by atoms with E-state index >= 15 is 0 Å². The number of benzene rings is 1. The minimum atomic E-state index is -4.15. The molecule has 0 aromatic heterocycles. The van der Waals surface area contributed by atoms with Crippen molar-refractivity contribution in [1.29, 1.82) is 0 Å². The summed E-state index contributed by atoms with van der Waals surface area (Å²) in [6, 6.07) is 4.94. The minimum Gasteiger partial charge on any atom is -0.369 e. The Morgan fingerprint density at radius 1 is 1.33 bits per heavy atom. The Morgan fingerprint density at radius 2 is 2.06 bits per heavy atom. The van der Waals surface area contributed by atoms with Crippen molar-refractivity contribution in [2.45, 2.75) is 50.2 Å². The molecule has 1 fully saturated rings. The van der Waals surface area contributed by atoms with Crippen molar-refractivity contribution in [2.24, 2.45) is 0 Å². The SMILES string of the molecule is CCCC1OC1Cc1cc(C)ccc1S(=O)(=O)O. The first-order valence-electron chi connectivity index (χ1n) is 6.14. The van der Waals surface area contributed by atoms with Crippen LogP contribution < -0.4 is 0 Å². The van der Waals surface area contributed by atoms with Gasteiger partial charge in [0, 0.05) is 6.42 Å². The lowest BCUT2D eigenvalue weighted by atomic mass is 10.0. The lowest BCUT2D eigenvalue weighted by molar-refractivity contribution is 0.360. The molecule has 1 heterocycles. The molecule has 2 rings (SSSR count). The van der Waals surface area contributed by atoms with Gasteiger partial charge in [-0.2, -0.15) is 8.42 Å². The van der Waals surface area contributed by atoms with Crippen LogP contribution in [0.5, 0.6) is 0 Å². The van der Waals surface area contributed by atoms with Gasteiger partial charge >= 0.3 is 0 Å². The molecule has 0 bridgehead atoms. The number of epoxide rings is 1. The molecule has 0 aliphatic carbocycles. The molecule has 1 N–H and O–H groups in total. The second kappa shape index (κ2) is 4.99. The van der Waals surface area contributed by atoms with E-state index in [0.717, 1.165) is 18.4 Å². The highest BCUT2D eigenvalue weighted by molar-refractivity contribution is 7.85. The van der Waals surface area contributed by atoms with Crippen LogP contribution in [0.15, 0.2) is 23.1 Å². The summed E-state index contributed by atoms with van der Waals surface area (Å²) in [6.07, 6.45) is 2.93. The average molecular weight is 270 g/mol. The summed E-state index contributed by atoms with van der Waals surface area (Å²) in [4.78, 5) is -0.00107. The van der Waals surface area contributed by atoms with Crippen molar-refractivity contribution in [1.82, 2.24) is 0 Å². The number of hydrogen-bond acceptors (Lipinski definition) is 3. The molecule has 1 aromatic rings. The Hall–Kier alpha value is -0.910. The van der Waals surface area contributed by atoms with E-state index in [9.17, 15) is 13.0 Å². The summed E-state index contributed by atoms with van der Waals surface area (Å²) in [5, 5.41) is 0. The summed E-state index contributed by atoms with van der Waals surface area (Å²) in [5.41, 5.74) is 1.62. The van der Waals surface area contributed by atoms with Crippen LogP contribution in [0.25, 0.3) is 0 Å². The van der Waals surface area contributed by atoms with Crippen molar-refractivity contribution >= 4 is 10.1 Å². The molecular formula is C13H18O4S. The van der Waals surface area contributed by atoms with Crippen LogP contribution in [0.1, 0.15) is 30.9 Å². The molecule has 0 amide bonds. The third kappa shape index (κ3) is 3.10. The van der Waals surface area contributed by atoms with Gasteiger partial charge in [-0.25, -0.2) is 0 Å². The summed E-state index contributed by atoms with van der Waals surface area (Å²) in [6.45, 7) is 3.99. The molecular weight excluding hydrogens is 252 g/mol. The van der Waals surface area contributed by atoms with Crippen molar-refractivity contribution in [3.8, 4) is 0 Å². The first-order chi connectivity index (χ1) is 8.41. The number of aryl methyl sites for hydroxylation is 1. The van der Waals surface area contributed by atoms with Crippen LogP contribution in [-0.2, 0) is 21.3 Å². The molecule has 1 aliphatic heterocycles. The van der Waals surface area contributed by atoms with Gasteiger partial charge in [0.1, 0.15) is 0 Å². The molecule has 100 valence electrons. The fraction of sp³-hybridized carbons (Fsp3) is 0.538. The van der Waals surface area contributed by atoms with Gasteiger partial charge in [0.25, 0.3) is 10.1 Å². The number of ether oxygens (including phenoxy) is 1. The predicted molar refractivity (Wildman–Crippen MR) is 68.3 cm³/mol. The zero-order chi connectivity index (χ0) is 13.3. The second-order valence-corrected chi connectivity index (χ2v) is 6.18. The Bertz CT molecular complexity index is 536. The molecule has 2 unspecified atom stereocenters. The lowest BCUT2D eigenvalue weighted by Gasteiger charge is -2.06. The van der Waals surface area contributed by atoms with Crippen LogP contribution in [0.3, 0.4) is 0 Å². The minimum absolute atomic E-state index is 0.00107. The molecule has 5 heteroatoms. The van der Waals surface area contributed by atoms with Gasteiger partial charge in [0.2, 0.25) is 0 Å². The van der Waals surface area contributed by atoms with E-state index in [1.54, 1.807) is 12.1 Å². The summed E-state index contributed by atoms with van der Waals surface area (Å²) in [7, 11) is -4.15. The number of hydrogen-bond donors (Lipinski definition) is 1. The maximum atomic E-state index is 11.3. The van der Waals surface area contributed by atoms with Gasteiger partial charge < -0.3 is 4.74 Å². The smallest absolute Gasteiger partial charge is 0.294 e. The third-order valence-electron chi connectivity index (χ3n) is 3.18. The van der Waals surface area contributed by atoms with Gasteiger partial charge in [-0.15, -0.1) is 0 Å². The van der Waals surface area contributed by atoms with Crippen LogP contribution in [0.4, 0.5) is 0 Å². The molecule has 1 saturated heterocycles. The highest BCUT2D eigenvalue weighted by Crippen LogP contribution is 2.31. The van der Waals surface area contributed by atoms with E-state index in [0.29, 0.717) is 12.0 Å². The second-order valence-electron chi connectivity index (χ2n) is 4.79. The Balaban J connectivity index is 2.19. The van der Waals surface area contributed by atoms with Gasteiger partial charge in [-0.3, -0.25) is 4.55 Å². The van der Waals surface area contributed by atoms with E-state index in [4.69, 9.17) is 4.74 Å². The maximum Gasteiger partial charge on any atom is 0.294 e. The standard InChI is InChI=1S/C13H18O4S/c1-3-4-11-12(17-11)8-10-7-9(2)5-6-13(10)18(14,15)16/h5-7,11-12H,3-4,8H2,1-2H3,(H,14,15,16). The van der Waals surface area contributed by atoms with Gasteiger partial charge in [-0.05, 0) is 25.0 Å². The quantitative estimate of drug-likeness (QED) is 0.659. The highest BCUT2D eigenvalue weighted by atomic mass is 32.2. The van der Waals surface area contributed by atoms with Gasteiger partial charge in [0.05, 0.1) is 17.1 Å². The zero-order valence-corrected chi connectivity index (χ0v) is 11.4. The van der Waals surface area contributed by atoms with Crippen molar-refractivity contribution in [2.75, 3.05) is 0 Å². The summed E-state index contributed by atoms with van der Waals surface area (Å²) in [5.74, 6) is 0. The number of rotatable bonds is 5. The Morgan fingerprint density at radius 3 is 2.67 bits per heavy atom. The molecule has 0 spiro atoms. The van der Waals surface area contributed by atoms with Gasteiger partial charge in [-0.1, -0.05) is 31.0 Å². The Kier molecular flexibility index (Phi) is 3.75. The van der Waals surface area contributed by atoms with Crippen LogP contribution in [0.2, 0.25) is 0 Å². The fourth-order valence-electron chi connectivity index (χ4n) is 2.23. The summed E-state index contributed by atoms with van der Waals surface area (Å²) >= 11 is 0. The predicted octanol–water partition coefficient (Wildman–Crippen LogP) is 2.35. The zero-order valence-electron chi connectivity index (χ0n) is 10.6. The van der Waals surface area contributed by atoms with Crippen LogP contribution in [-0.4, -0.2) is 25.2 Å². The largest absolute Gasteiger partial charge is 0.369 e. The average Bonchev–Trinajstić information content (AvgIpc) is 2.95. The molecule has 2 atom stereocenters. The van der Waals surface area contributed by atoms with Crippen LogP contribution in [0, 0.1) is 6.92 Å². The maximum absolute atomic E-state index is 11.3. The third-order valence-corrected chi connectivity index (χ3v) is 4.13. The highest BCUT2D eigenvalue weighted by Gasteiger charge is 2.38. The Labute approximate surface area is 108 Å². The van der Waals surface area contributed by atoms with E-state index in [2.05, 4.69) is 6.92 Å².